The maximum absolute atomic E-state index is 5.71. The average molecular weight is 295 g/mol. The van der Waals surface area contributed by atoms with E-state index in [1.54, 1.807) is 0 Å². The van der Waals surface area contributed by atoms with Crippen molar-refractivity contribution >= 4 is 15.9 Å². The van der Waals surface area contributed by atoms with Gasteiger partial charge in [-0.1, -0.05) is 12.1 Å². The van der Waals surface area contributed by atoms with Gasteiger partial charge in [-0.15, -0.1) is 0 Å². The fourth-order valence-corrected chi connectivity index (χ4v) is 2.08. The van der Waals surface area contributed by atoms with Crippen LogP contribution in [0.15, 0.2) is 34.9 Å². The van der Waals surface area contributed by atoms with E-state index in [1.165, 1.54) is 0 Å². The molecular formula is C13H15BrN2O. The number of halogens is 1. The van der Waals surface area contributed by atoms with E-state index in [1.807, 2.05) is 37.4 Å². The lowest BCUT2D eigenvalue weighted by molar-refractivity contribution is 0.300. The van der Waals surface area contributed by atoms with E-state index < -0.39 is 0 Å². The minimum atomic E-state index is 0.496. The van der Waals surface area contributed by atoms with Gasteiger partial charge < -0.3 is 9.30 Å². The van der Waals surface area contributed by atoms with Gasteiger partial charge in [-0.3, -0.25) is 0 Å². The first kappa shape index (κ1) is 12.2. The van der Waals surface area contributed by atoms with Crippen molar-refractivity contribution in [2.24, 2.45) is 0 Å². The molecule has 1 heterocycles. The first-order chi connectivity index (χ1) is 8.20. The molecule has 0 amide bonds. The predicted octanol–water partition coefficient (Wildman–Crippen LogP) is 3.55. The van der Waals surface area contributed by atoms with Crippen LogP contribution in [0.1, 0.15) is 18.4 Å². The second-order valence-electron chi connectivity index (χ2n) is 3.78. The van der Waals surface area contributed by atoms with Crippen LogP contribution in [0.2, 0.25) is 0 Å². The Bertz CT molecular complexity index is 508. The van der Waals surface area contributed by atoms with Crippen molar-refractivity contribution in [2.45, 2.75) is 27.0 Å². The molecule has 0 spiro atoms. The third kappa shape index (κ3) is 2.88. The monoisotopic (exact) mass is 294 g/mol. The number of nitrogens with zero attached hydrogens (tertiary/aromatic N) is 2. The molecule has 1 aromatic carbocycles. The second kappa shape index (κ2) is 5.36. The molecule has 0 radical (unpaired) electrons. The van der Waals surface area contributed by atoms with Gasteiger partial charge in [0.1, 0.15) is 18.2 Å². The van der Waals surface area contributed by atoms with Gasteiger partial charge in [-0.2, -0.15) is 0 Å². The maximum Gasteiger partial charge on any atom is 0.134 e. The summed E-state index contributed by atoms with van der Waals surface area (Å²) in [6.07, 6.45) is 2.03. The Morgan fingerprint density at radius 1 is 1.35 bits per heavy atom. The van der Waals surface area contributed by atoms with Crippen LogP contribution >= 0.6 is 15.9 Å². The molecular weight excluding hydrogens is 280 g/mol. The van der Waals surface area contributed by atoms with Gasteiger partial charge in [0.05, 0.1) is 10.2 Å². The molecule has 90 valence electrons. The largest absolute Gasteiger partial charge is 0.486 e. The van der Waals surface area contributed by atoms with Crippen molar-refractivity contribution in [1.29, 1.82) is 0 Å². The molecule has 0 bridgehead atoms. The molecule has 2 rings (SSSR count). The zero-order valence-electron chi connectivity index (χ0n) is 9.98. The standard InChI is InChI=1S/C13H15BrN2O/c1-3-16-8-11(15-10(16)2)9-17-13-7-5-4-6-12(13)14/h4-8H,3,9H2,1-2H3. The van der Waals surface area contributed by atoms with Gasteiger partial charge in [0.2, 0.25) is 0 Å². The van der Waals surface area contributed by atoms with E-state index in [0.717, 1.165) is 28.3 Å². The highest BCUT2D eigenvalue weighted by Gasteiger charge is 2.04. The van der Waals surface area contributed by atoms with Gasteiger partial charge in [-0.25, -0.2) is 4.98 Å². The number of ether oxygens (including phenoxy) is 1. The Labute approximate surface area is 110 Å². The molecule has 3 nitrogen and oxygen atoms in total. The molecule has 0 aliphatic rings. The highest BCUT2D eigenvalue weighted by atomic mass is 79.9. The van der Waals surface area contributed by atoms with E-state index >= 15 is 0 Å². The van der Waals surface area contributed by atoms with Crippen LogP contribution in [0.25, 0.3) is 0 Å². The van der Waals surface area contributed by atoms with Crippen molar-refractivity contribution in [3.8, 4) is 5.75 Å². The molecule has 1 aromatic heterocycles. The average Bonchev–Trinajstić information content (AvgIpc) is 2.69. The Morgan fingerprint density at radius 2 is 2.12 bits per heavy atom. The lowest BCUT2D eigenvalue weighted by Crippen LogP contribution is -1.96. The summed E-state index contributed by atoms with van der Waals surface area (Å²) >= 11 is 3.45. The smallest absolute Gasteiger partial charge is 0.134 e. The topological polar surface area (TPSA) is 27.1 Å². The first-order valence-electron chi connectivity index (χ1n) is 5.60. The van der Waals surface area contributed by atoms with Gasteiger partial charge in [0.25, 0.3) is 0 Å². The number of aryl methyl sites for hydroxylation is 2. The summed E-state index contributed by atoms with van der Waals surface area (Å²) in [6.45, 7) is 5.54. The zero-order chi connectivity index (χ0) is 12.3. The van der Waals surface area contributed by atoms with Crippen LogP contribution in [-0.4, -0.2) is 9.55 Å². The van der Waals surface area contributed by atoms with Crippen LogP contribution in [0.3, 0.4) is 0 Å². The van der Waals surface area contributed by atoms with Crippen molar-refractivity contribution < 1.29 is 4.74 Å². The van der Waals surface area contributed by atoms with E-state index in [-0.39, 0.29) is 0 Å². The summed E-state index contributed by atoms with van der Waals surface area (Å²) in [7, 11) is 0. The molecule has 0 unspecified atom stereocenters. The molecule has 17 heavy (non-hydrogen) atoms. The summed E-state index contributed by atoms with van der Waals surface area (Å²) < 4.78 is 8.79. The minimum Gasteiger partial charge on any atom is -0.486 e. The van der Waals surface area contributed by atoms with Gasteiger partial charge >= 0.3 is 0 Å². The Morgan fingerprint density at radius 3 is 2.76 bits per heavy atom. The normalized spacial score (nSPS) is 10.5. The summed E-state index contributed by atoms with van der Waals surface area (Å²) in [6, 6.07) is 7.82. The van der Waals surface area contributed by atoms with Crippen LogP contribution < -0.4 is 4.74 Å². The number of para-hydroxylation sites is 1. The summed E-state index contributed by atoms with van der Waals surface area (Å²) in [5.74, 6) is 1.87. The quantitative estimate of drug-likeness (QED) is 0.862. The van der Waals surface area contributed by atoms with E-state index in [0.29, 0.717) is 6.61 Å². The SMILES string of the molecule is CCn1cc(COc2ccccc2Br)nc1C. The number of benzene rings is 1. The maximum atomic E-state index is 5.71. The van der Waals surface area contributed by atoms with E-state index in [2.05, 4.69) is 32.4 Å². The molecule has 0 N–H and O–H groups in total. The van der Waals surface area contributed by atoms with Crippen LogP contribution in [0.4, 0.5) is 0 Å². The van der Waals surface area contributed by atoms with Crippen molar-refractivity contribution in [1.82, 2.24) is 9.55 Å². The number of hydrogen-bond acceptors (Lipinski definition) is 2. The van der Waals surface area contributed by atoms with Crippen LogP contribution in [0.5, 0.6) is 5.75 Å². The predicted molar refractivity (Wildman–Crippen MR) is 71.1 cm³/mol. The van der Waals surface area contributed by atoms with E-state index in [4.69, 9.17) is 4.74 Å². The van der Waals surface area contributed by atoms with Gasteiger partial charge in [0.15, 0.2) is 0 Å². The molecule has 2 aromatic rings. The molecule has 0 fully saturated rings. The molecule has 0 saturated carbocycles. The summed E-state index contributed by atoms with van der Waals surface area (Å²) in [5.41, 5.74) is 0.958. The van der Waals surface area contributed by atoms with Crippen molar-refractivity contribution in [3.05, 3.63) is 46.5 Å². The van der Waals surface area contributed by atoms with Crippen molar-refractivity contribution in [3.63, 3.8) is 0 Å². The lowest BCUT2D eigenvalue weighted by atomic mass is 10.3. The minimum absolute atomic E-state index is 0.496. The number of hydrogen-bond donors (Lipinski definition) is 0. The van der Waals surface area contributed by atoms with Crippen LogP contribution in [0, 0.1) is 6.92 Å². The van der Waals surface area contributed by atoms with Gasteiger partial charge in [0, 0.05) is 12.7 Å². The summed E-state index contributed by atoms with van der Waals surface area (Å²) in [4.78, 5) is 4.45. The number of rotatable bonds is 4. The van der Waals surface area contributed by atoms with E-state index in [9.17, 15) is 0 Å². The fourth-order valence-electron chi connectivity index (χ4n) is 1.68. The van der Waals surface area contributed by atoms with Gasteiger partial charge in [-0.05, 0) is 41.9 Å². The highest BCUT2D eigenvalue weighted by Crippen LogP contribution is 2.24. The van der Waals surface area contributed by atoms with Crippen LogP contribution in [-0.2, 0) is 13.2 Å². The zero-order valence-corrected chi connectivity index (χ0v) is 11.6. The Kier molecular flexibility index (Phi) is 3.84. The second-order valence-corrected chi connectivity index (χ2v) is 4.64. The Hall–Kier alpha value is -1.29. The molecule has 0 atom stereocenters. The molecule has 4 heteroatoms. The third-order valence-corrected chi connectivity index (χ3v) is 3.23. The molecule has 0 aliphatic carbocycles. The summed E-state index contributed by atoms with van der Waals surface area (Å²) in [5, 5.41) is 0. The highest BCUT2D eigenvalue weighted by molar-refractivity contribution is 9.10. The number of aromatic nitrogens is 2. The van der Waals surface area contributed by atoms with Crippen molar-refractivity contribution in [2.75, 3.05) is 0 Å². The Balaban J connectivity index is 2.05. The third-order valence-electron chi connectivity index (χ3n) is 2.58. The molecule has 0 aliphatic heterocycles. The fraction of sp³-hybridized carbons (Fsp3) is 0.308. The number of imidazole rings is 1. The lowest BCUT2D eigenvalue weighted by Gasteiger charge is -2.05. The molecule has 0 saturated heterocycles. The first-order valence-corrected chi connectivity index (χ1v) is 6.40.